The Labute approximate surface area is 143 Å². The fraction of sp³-hybridized carbons (Fsp3) is 0.900. The van der Waals surface area contributed by atoms with E-state index in [1.807, 2.05) is 6.92 Å². The Morgan fingerprint density at radius 1 is 1.04 bits per heavy atom. The molecule has 2 unspecified atom stereocenters. The second kappa shape index (κ2) is 4.56. The summed E-state index contributed by atoms with van der Waals surface area (Å²) in [5.41, 5.74) is -0.472. The maximum absolute atomic E-state index is 12.1. The summed E-state index contributed by atoms with van der Waals surface area (Å²) in [5, 5.41) is 9.93. The van der Waals surface area contributed by atoms with Gasteiger partial charge in [-0.15, -0.1) is 0 Å². The maximum atomic E-state index is 12.1. The van der Waals surface area contributed by atoms with E-state index in [0.717, 1.165) is 37.0 Å². The summed E-state index contributed by atoms with van der Waals surface area (Å²) in [5.74, 6) is 3.08. The molecule has 9 atom stereocenters. The number of carbonyl (C=O) groups is 2. The van der Waals surface area contributed by atoms with Gasteiger partial charge in [0.05, 0.1) is 5.41 Å². The van der Waals surface area contributed by atoms with Gasteiger partial charge in [-0.05, 0) is 81.0 Å². The standard InChI is InChI=1S/C20H28O4/c1-10(21)24-17-7-15-11(4-3-5-19(15,2)18(22)23)16-6-12-13-8-20(16,17)9-14(12)13/h11-17H,3-9H2,1-2H3,(H,22,23)/t11-,12?,13-,14+,15+,16-,17+,19-,20?/m1/s1. The first-order valence-electron chi connectivity index (χ1n) is 9.77. The third-order valence-corrected chi connectivity index (χ3v) is 9.00. The van der Waals surface area contributed by atoms with Gasteiger partial charge >= 0.3 is 11.9 Å². The van der Waals surface area contributed by atoms with E-state index >= 15 is 0 Å². The summed E-state index contributed by atoms with van der Waals surface area (Å²) in [4.78, 5) is 23.9. The van der Waals surface area contributed by atoms with Crippen molar-refractivity contribution >= 4 is 11.9 Å². The van der Waals surface area contributed by atoms with E-state index in [4.69, 9.17) is 4.74 Å². The smallest absolute Gasteiger partial charge is 0.309 e. The van der Waals surface area contributed by atoms with Gasteiger partial charge in [-0.25, -0.2) is 0 Å². The lowest BCUT2D eigenvalue weighted by Gasteiger charge is -2.61. The second-order valence-electron chi connectivity index (χ2n) is 9.69. The molecule has 0 aromatic heterocycles. The van der Waals surface area contributed by atoms with Gasteiger partial charge in [0.15, 0.2) is 0 Å². The maximum Gasteiger partial charge on any atom is 0.309 e. The number of ether oxygens (including phenoxy) is 1. The van der Waals surface area contributed by atoms with Crippen LogP contribution in [0, 0.1) is 46.3 Å². The molecular formula is C20H28O4. The molecule has 4 heteroatoms. The molecule has 4 nitrogen and oxygen atoms in total. The van der Waals surface area contributed by atoms with E-state index in [-0.39, 0.29) is 23.4 Å². The van der Waals surface area contributed by atoms with Gasteiger partial charge in [0.25, 0.3) is 0 Å². The van der Waals surface area contributed by atoms with Crippen LogP contribution in [0.15, 0.2) is 0 Å². The van der Waals surface area contributed by atoms with E-state index in [1.54, 1.807) is 0 Å². The molecule has 0 amide bonds. The van der Waals surface area contributed by atoms with Gasteiger partial charge in [-0.2, -0.15) is 0 Å². The summed E-state index contributed by atoms with van der Waals surface area (Å²) < 4.78 is 5.88. The normalized spacial score (nSPS) is 56.8. The fourth-order valence-corrected chi connectivity index (χ4v) is 7.95. The molecule has 6 aliphatic rings. The molecule has 6 fully saturated rings. The Morgan fingerprint density at radius 2 is 1.75 bits per heavy atom. The van der Waals surface area contributed by atoms with E-state index < -0.39 is 11.4 Å². The molecule has 24 heavy (non-hydrogen) atoms. The summed E-state index contributed by atoms with van der Waals surface area (Å²) >= 11 is 0. The van der Waals surface area contributed by atoms with Crippen LogP contribution in [0.5, 0.6) is 0 Å². The first-order valence-corrected chi connectivity index (χ1v) is 9.77. The number of esters is 1. The molecule has 0 saturated heterocycles. The highest BCUT2D eigenvalue weighted by atomic mass is 16.5. The Hall–Kier alpha value is -1.06. The average Bonchev–Trinajstić information content (AvgIpc) is 3.06. The highest BCUT2D eigenvalue weighted by molar-refractivity contribution is 5.75. The second-order valence-corrected chi connectivity index (χ2v) is 9.69. The first kappa shape index (κ1) is 15.2. The molecule has 1 N–H and O–H groups in total. The van der Waals surface area contributed by atoms with Gasteiger partial charge < -0.3 is 9.84 Å². The molecule has 6 aliphatic carbocycles. The van der Waals surface area contributed by atoms with E-state index in [9.17, 15) is 14.7 Å². The summed E-state index contributed by atoms with van der Waals surface area (Å²) in [7, 11) is 0. The lowest BCUT2D eigenvalue weighted by atomic mass is 9.44. The van der Waals surface area contributed by atoms with Gasteiger partial charge in [0.1, 0.15) is 6.10 Å². The largest absolute Gasteiger partial charge is 0.481 e. The van der Waals surface area contributed by atoms with Crippen LogP contribution in [-0.2, 0) is 14.3 Å². The number of fused-ring (bicyclic) bond motifs is 1. The third-order valence-electron chi connectivity index (χ3n) is 9.00. The summed E-state index contributed by atoms with van der Waals surface area (Å²) in [6.45, 7) is 3.46. The SMILES string of the molecule is CC(=O)O[C@H]1C[C@H]2[C@@H](CCC[C@@]2(C)C(=O)O)[C@H]2CC3[C@H]4CC12C[C@@H]34. The van der Waals surface area contributed by atoms with Crippen molar-refractivity contribution in [3.8, 4) is 0 Å². The Morgan fingerprint density at radius 3 is 2.38 bits per heavy atom. The van der Waals surface area contributed by atoms with Gasteiger partial charge in [-0.3, -0.25) is 9.59 Å². The van der Waals surface area contributed by atoms with Gasteiger partial charge in [0, 0.05) is 12.3 Å². The van der Waals surface area contributed by atoms with Crippen LogP contribution in [0.3, 0.4) is 0 Å². The molecule has 0 aliphatic heterocycles. The fourth-order valence-electron chi connectivity index (χ4n) is 7.95. The Kier molecular flexibility index (Phi) is 2.89. The minimum absolute atomic E-state index is 0.0493. The lowest BCUT2D eigenvalue weighted by Crippen LogP contribution is -2.60. The number of hydrogen-bond donors (Lipinski definition) is 1. The predicted molar refractivity (Wildman–Crippen MR) is 87.0 cm³/mol. The minimum atomic E-state index is -0.652. The van der Waals surface area contributed by atoms with E-state index in [0.29, 0.717) is 11.8 Å². The quantitative estimate of drug-likeness (QED) is 0.786. The summed E-state index contributed by atoms with van der Waals surface area (Å²) in [6, 6.07) is 0. The number of carboxylic acid groups (broad SMARTS) is 1. The third kappa shape index (κ3) is 1.70. The number of rotatable bonds is 2. The zero-order valence-electron chi connectivity index (χ0n) is 14.7. The van der Waals surface area contributed by atoms with Crippen molar-refractivity contribution in [2.45, 2.75) is 64.9 Å². The molecule has 0 aromatic rings. The number of carboxylic acids is 1. The topological polar surface area (TPSA) is 63.6 Å². The van der Waals surface area contributed by atoms with Crippen LogP contribution < -0.4 is 0 Å². The number of hydrogen-bond acceptors (Lipinski definition) is 3. The minimum Gasteiger partial charge on any atom is -0.481 e. The van der Waals surface area contributed by atoms with Crippen LogP contribution in [0.25, 0.3) is 0 Å². The first-order chi connectivity index (χ1) is 11.4. The monoisotopic (exact) mass is 332 g/mol. The van der Waals surface area contributed by atoms with Crippen LogP contribution in [0.4, 0.5) is 0 Å². The molecule has 132 valence electrons. The van der Waals surface area contributed by atoms with Gasteiger partial charge in [0.2, 0.25) is 0 Å². The van der Waals surface area contributed by atoms with Crippen molar-refractivity contribution in [2.75, 3.05) is 0 Å². The highest BCUT2D eigenvalue weighted by Gasteiger charge is 2.74. The van der Waals surface area contributed by atoms with Crippen LogP contribution in [0.2, 0.25) is 0 Å². The zero-order chi connectivity index (χ0) is 16.9. The number of aliphatic carboxylic acids is 1. The van der Waals surface area contributed by atoms with Crippen molar-refractivity contribution in [1.29, 1.82) is 0 Å². The van der Waals surface area contributed by atoms with Crippen LogP contribution >= 0.6 is 0 Å². The van der Waals surface area contributed by atoms with Crippen molar-refractivity contribution in [3.05, 3.63) is 0 Å². The van der Waals surface area contributed by atoms with Crippen LogP contribution in [0.1, 0.15) is 58.8 Å². The molecular weight excluding hydrogens is 304 g/mol. The Bertz CT molecular complexity index is 601. The molecule has 0 heterocycles. The van der Waals surface area contributed by atoms with E-state index in [1.165, 1.54) is 32.6 Å². The molecule has 6 saturated carbocycles. The molecule has 0 radical (unpaired) electrons. The van der Waals surface area contributed by atoms with Gasteiger partial charge in [-0.1, -0.05) is 6.42 Å². The molecule has 0 aromatic carbocycles. The predicted octanol–water partition coefficient (Wildman–Crippen LogP) is 3.49. The highest BCUT2D eigenvalue weighted by Crippen LogP contribution is 2.78. The van der Waals surface area contributed by atoms with Crippen LogP contribution in [-0.4, -0.2) is 23.1 Å². The molecule has 1 spiro atoms. The van der Waals surface area contributed by atoms with Crippen molar-refractivity contribution in [1.82, 2.24) is 0 Å². The Balaban J connectivity index is 1.55. The van der Waals surface area contributed by atoms with E-state index in [2.05, 4.69) is 0 Å². The molecule has 6 rings (SSSR count). The zero-order valence-corrected chi connectivity index (χ0v) is 14.7. The van der Waals surface area contributed by atoms with Crippen molar-refractivity contribution < 1.29 is 19.4 Å². The summed E-state index contributed by atoms with van der Waals surface area (Å²) in [6.07, 6.45) is 7.44. The van der Waals surface area contributed by atoms with Crippen molar-refractivity contribution in [3.63, 3.8) is 0 Å². The average molecular weight is 332 g/mol. The van der Waals surface area contributed by atoms with Crippen molar-refractivity contribution in [2.24, 2.45) is 46.3 Å². The molecule has 4 bridgehead atoms. The number of carbonyl (C=O) groups excluding carboxylic acids is 1. The lowest BCUT2D eigenvalue weighted by molar-refractivity contribution is -0.200.